The number of aryl methyl sites for hydroxylation is 1. The normalized spacial score (nSPS) is 14.9. The highest BCUT2D eigenvalue weighted by atomic mass is 15.3. The lowest BCUT2D eigenvalue weighted by Gasteiger charge is -2.11. The van der Waals surface area contributed by atoms with Crippen molar-refractivity contribution in [1.82, 2.24) is 40.0 Å². The topological polar surface area (TPSA) is 97.3 Å². The molecule has 0 aliphatic heterocycles. The number of hydrogen-bond acceptors (Lipinski definition) is 5. The molecule has 130 valence electrons. The van der Waals surface area contributed by atoms with E-state index in [2.05, 4.69) is 36.0 Å². The maximum atomic E-state index is 4.64. The summed E-state index contributed by atoms with van der Waals surface area (Å²) >= 11 is 0. The zero-order chi connectivity index (χ0) is 17.2. The molecule has 0 atom stereocenters. The molecule has 0 bridgehead atoms. The van der Waals surface area contributed by atoms with Gasteiger partial charge in [-0.1, -0.05) is 6.07 Å². The Balaban J connectivity index is 1.47. The smallest absolute Gasteiger partial charge is 0.192 e. The number of pyridine rings is 1. The Kier molecular flexibility index (Phi) is 4.04. The Morgan fingerprint density at radius 2 is 2.04 bits per heavy atom. The maximum Gasteiger partial charge on any atom is 0.192 e. The standard InChI is InChI=1S/C16H21N9/c1-11-20-22-14(24(11)2)9-17-16(19-12-6-7-12)18-10-15-23-21-13-5-3-4-8-25(13)15/h3-5,8,12H,6-7,9-10H2,1-2H3,(H2,17,18,19). The minimum atomic E-state index is 0.472. The second-order valence-corrected chi connectivity index (χ2v) is 6.20. The molecular formula is C16H21N9. The predicted octanol–water partition coefficient (Wildman–Crippen LogP) is 0.564. The van der Waals surface area contributed by atoms with E-state index in [4.69, 9.17) is 0 Å². The summed E-state index contributed by atoms with van der Waals surface area (Å²) in [6, 6.07) is 6.35. The number of nitrogens with one attached hydrogen (secondary N) is 2. The van der Waals surface area contributed by atoms with Crippen LogP contribution in [0.15, 0.2) is 29.4 Å². The average Bonchev–Trinajstić information content (AvgIpc) is 3.27. The SMILES string of the molecule is Cc1nnc(CN=C(NCc2nnc3ccccn23)NC2CC2)n1C. The molecule has 3 aromatic rings. The molecule has 2 N–H and O–H groups in total. The quantitative estimate of drug-likeness (QED) is 0.521. The first-order valence-electron chi connectivity index (χ1n) is 8.39. The van der Waals surface area contributed by atoms with Crippen molar-refractivity contribution >= 4 is 11.6 Å². The molecule has 0 radical (unpaired) electrons. The summed E-state index contributed by atoms with van der Waals surface area (Å²) in [7, 11) is 1.95. The van der Waals surface area contributed by atoms with Gasteiger partial charge in [-0.3, -0.25) is 4.40 Å². The van der Waals surface area contributed by atoms with Crippen LogP contribution in [-0.2, 0) is 20.1 Å². The van der Waals surface area contributed by atoms with Crippen LogP contribution in [0.5, 0.6) is 0 Å². The summed E-state index contributed by atoms with van der Waals surface area (Å²) < 4.78 is 3.91. The van der Waals surface area contributed by atoms with Gasteiger partial charge in [0.1, 0.15) is 12.4 Å². The zero-order valence-electron chi connectivity index (χ0n) is 14.3. The summed E-state index contributed by atoms with van der Waals surface area (Å²) in [5.74, 6) is 3.32. The number of hydrogen-bond donors (Lipinski definition) is 2. The fourth-order valence-corrected chi connectivity index (χ4v) is 2.49. The lowest BCUT2D eigenvalue weighted by molar-refractivity contribution is 0.734. The average molecular weight is 339 g/mol. The zero-order valence-corrected chi connectivity index (χ0v) is 14.3. The van der Waals surface area contributed by atoms with Gasteiger partial charge in [-0.2, -0.15) is 0 Å². The highest BCUT2D eigenvalue weighted by molar-refractivity contribution is 5.80. The molecule has 0 unspecified atom stereocenters. The van der Waals surface area contributed by atoms with Gasteiger partial charge in [0.25, 0.3) is 0 Å². The molecule has 0 spiro atoms. The van der Waals surface area contributed by atoms with E-state index in [1.54, 1.807) is 0 Å². The number of aromatic nitrogens is 6. The molecule has 0 saturated heterocycles. The van der Waals surface area contributed by atoms with Crippen molar-refractivity contribution in [1.29, 1.82) is 0 Å². The van der Waals surface area contributed by atoms with E-state index in [-0.39, 0.29) is 0 Å². The molecular weight excluding hydrogens is 318 g/mol. The van der Waals surface area contributed by atoms with Gasteiger partial charge >= 0.3 is 0 Å². The van der Waals surface area contributed by atoms with Crippen LogP contribution in [0.4, 0.5) is 0 Å². The van der Waals surface area contributed by atoms with E-state index in [1.807, 2.05) is 47.3 Å². The third kappa shape index (κ3) is 3.44. The van der Waals surface area contributed by atoms with Crippen LogP contribution in [0.2, 0.25) is 0 Å². The van der Waals surface area contributed by atoms with Gasteiger partial charge < -0.3 is 15.2 Å². The number of aliphatic imine (C=N–C) groups is 1. The molecule has 3 heterocycles. The van der Waals surface area contributed by atoms with E-state index in [0.717, 1.165) is 29.1 Å². The van der Waals surface area contributed by atoms with E-state index in [9.17, 15) is 0 Å². The first kappa shape index (κ1) is 15.6. The molecule has 1 fully saturated rings. The predicted molar refractivity (Wildman–Crippen MR) is 92.9 cm³/mol. The van der Waals surface area contributed by atoms with Crippen molar-refractivity contribution in [3.8, 4) is 0 Å². The van der Waals surface area contributed by atoms with Gasteiger partial charge in [-0.05, 0) is 31.9 Å². The molecule has 1 aliphatic carbocycles. The highest BCUT2D eigenvalue weighted by Gasteiger charge is 2.22. The van der Waals surface area contributed by atoms with Crippen LogP contribution in [0.3, 0.4) is 0 Å². The molecule has 3 aromatic heterocycles. The first-order valence-corrected chi connectivity index (χ1v) is 8.39. The van der Waals surface area contributed by atoms with Gasteiger partial charge in [0.05, 0.1) is 6.54 Å². The van der Waals surface area contributed by atoms with Crippen LogP contribution >= 0.6 is 0 Å². The largest absolute Gasteiger partial charge is 0.354 e. The minimum Gasteiger partial charge on any atom is -0.354 e. The van der Waals surface area contributed by atoms with Crippen LogP contribution in [0, 0.1) is 6.92 Å². The second kappa shape index (κ2) is 6.50. The molecule has 9 nitrogen and oxygen atoms in total. The Labute approximate surface area is 145 Å². The molecule has 1 aliphatic rings. The summed E-state index contributed by atoms with van der Waals surface area (Å²) in [5.41, 5.74) is 0.836. The van der Waals surface area contributed by atoms with Crippen molar-refractivity contribution < 1.29 is 0 Å². The second-order valence-electron chi connectivity index (χ2n) is 6.20. The Hall–Kier alpha value is -2.97. The van der Waals surface area contributed by atoms with Gasteiger partial charge in [0, 0.05) is 19.3 Å². The number of guanidine groups is 1. The highest BCUT2D eigenvalue weighted by Crippen LogP contribution is 2.18. The summed E-state index contributed by atoms with van der Waals surface area (Å²) in [4.78, 5) is 4.64. The Bertz CT molecular complexity index is 903. The fourth-order valence-electron chi connectivity index (χ4n) is 2.49. The van der Waals surface area contributed by atoms with Crippen molar-refractivity contribution in [2.45, 2.75) is 38.9 Å². The molecule has 0 amide bonds. The molecule has 4 rings (SSSR count). The van der Waals surface area contributed by atoms with Gasteiger partial charge in [-0.25, -0.2) is 4.99 Å². The number of rotatable bonds is 5. The Morgan fingerprint density at radius 3 is 2.80 bits per heavy atom. The van der Waals surface area contributed by atoms with E-state index in [1.165, 1.54) is 12.8 Å². The lowest BCUT2D eigenvalue weighted by atomic mass is 10.4. The van der Waals surface area contributed by atoms with Crippen molar-refractivity contribution in [3.05, 3.63) is 41.9 Å². The van der Waals surface area contributed by atoms with Gasteiger partial charge in [0.15, 0.2) is 23.3 Å². The Morgan fingerprint density at radius 1 is 1.20 bits per heavy atom. The summed E-state index contributed by atoms with van der Waals surface area (Å²) in [5, 5.41) is 23.4. The lowest BCUT2D eigenvalue weighted by Crippen LogP contribution is -2.38. The van der Waals surface area contributed by atoms with Crippen molar-refractivity contribution in [2.75, 3.05) is 0 Å². The third-order valence-electron chi connectivity index (χ3n) is 4.28. The molecule has 9 heteroatoms. The first-order chi connectivity index (χ1) is 12.2. The van der Waals surface area contributed by atoms with Crippen LogP contribution in [-0.4, -0.2) is 41.4 Å². The minimum absolute atomic E-state index is 0.472. The van der Waals surface area contributed by atoms with Crippen LogP contribution in [0.1, 0.15) is 30.3 Å². The number of fused-ring (bicyclic) bond motifs is 1. The molecule has 1 saturated carbocycles. The van der Waals surface area contributed by atoms with Gasteiger partial charge in [0.2, 0.25) is 0 Å². The maximum absolute atomic E-state index is 4.64. The monoisotopic (exact) mass is 339 g/mol. The summed E-state index contributed by atoms with van der Waals surface area (Å²) in [6.45, 7) is 2.94. The van der Waals surface area contributed by atoms with E-state index < -0.39 is 0 Å². The van der Waals surface area contributed by atoms with Gasteiger partial charge in [-0.15, -0.1) is 20.4 Å². The van der Waals surface area contributed by atoms with Crippen molar-refractivity contribution in [2.24, 2.45) is 12.0 Å². The van der Waals surface area contributed by atoms with E-state index >= 15 is 0 Å². The van der Waals surface area contributed by atoms with Crippen molar-refractivity contribution in [3.63, 3.8) is 0 Å². The molecule has 0 aromatic carbocycles. The fraction of sp³-hybridized carbons (Fsp3) is 0.438. The third-order valence-corrected chi connectivity index (χ3v) is 4.28. The molecule has 25 heavy (non-hydrogen) atoms. The van der Waals surface area contributed by atoms with E-state index in [0.29, 0.717) is 19.1 Å². The van der Waals surface area contributed by atoms with Crippen LogP contribution < -0.4 is 10.6 Å². The summed E-state index contributed by atoms with van der Waals surface area (Å²) in [6.07, 6.45) is 4.31. The number of nitrogens with zero attached hydrogens (tertiary/aromatic N) is 7. The van der Waals surface area contributed by atoms with Crippen LogP contribution in [0.25, 0.3) is 5.65 Å².